The van der Waals surface area contributed by atoms with Crippen LogP contribution in [0.2, 0.25) is 0 Å². The number of anilines is 1. The molecule has 140 valence electrons. The molecule has 3 rings (SSSR count). The predicted octanol–water partition coefficient (Wildman–Crippen LogP) is -0.914. The number of hydrogen-bond acceptors (Lipinski definition) is 8. The highest BCUT2D eigenvalue weighted by Gasteiger charge is 2.46. The lowest BCUT2D eigenvalue weighted by atomic mass is 10.0. The van der Waals surface area contributed by atoms with E-state index in [1.165, 1.54) is 0 Å². The maximum absolute atomic E-state index is 10.6. The number of piperazine rings is 1. The van der Waals surface area contributed by atoms with Gasteiger partial charge in [0.05, 0.1) is 18.8 Å². The summed E-state index contributed by atoms with van der Waals surface area (Å²) >= 11 is 0. The third-order valence-electron chi connectivity index (χ3n) is 4.94. The molecule has 1 aromatic heterocycles. The second kappa shape index (κ2) is 8.37. The van der Waals surface area contributed by atoms with Crippen molar-refractivity contribution in [1.29, 1.82) is 0 Å². The SMILES string of the molecule is CC(C)NC[C@H]1O[C@@H](CO)[C@@H](O)[C@H]1N1CCN(c2ncccn2)CC1. The summed E-state index contributed by atoms with van der Waals surface area (Å²) in [4.78, 5) is 13.0. The van der Waals surface area contributed by atoms with Crippen LogP contribution in [0, 0.1) is 0 Å². The van der Waals surface area contributed by atoms with Gasteiger partial charge in [-0.25, -0.2) is 9.97 Å². The zero-order valence-electron chi connectivity index (χ0n) is 15.0. The minimum absolute atomic E-state index is 0.109. The Bertz CT molecular complexity index is 524. The molecule has 2 aliphatic heterocycles. The molecule has 1 aromatic rings. The first-order valence-electron chi connectivity index (χ1n) is 9.04. The maximum Gasteiger partial charge on any atom is 0.225 e. The molecule has 0 unspecified atom stereocenters. The summed E-state index contributed by atoms with van der Waals surface area (Å²) in [6.07, 6.45) is 2.18. The fraction of sp³-hybridized carbons (Fsp3) is 0.765. The molecular weight excluding hydrogens is 322 g/mol. The van der Waals surface area contributed by atoms with Gasteiger partial charge in [-0.3, -0.25) is 4.90 Å². The summed E-state index contributed by atoms with van der Waals surface area (Å²) in [5.41, 5.74) is 0. The highest BCUT2D eigenvalue weighted by Crippen LogP contribution is 2.27. The quantitative estimate of drug-likeness (QED) is 0.606. The van der Waals surface area contributed by atoms with Crippen LogP contribution in [-0.4, -0.2) is 94.8 Å². The Kier molecular flexibility index (Phi) is 6.19. The number of aliphatic hydroxyl groups is 2. The molecule has 0 radical (unpaired) electrons. The Morgan fingerprint density at radius 3 is 2.48 bits per heavy atom. The predicted molar refractivity (Wildman–Crippen MR) is 94.5 cm³/mol. The van der Waals surface area contributed by atoms with E-state index in [-0.39, 0.29) is 18.8 Å². The third-order valence-corrected chi connectivity index (χ3v) is 4.94. The van der Waals surface area contributed by atoms with Gasteiger partial charge in [0, 0.05) is 51.2 Å². The molecule has 0 bridgehead atoms. The maximum atomic E-state index is 10.6. The van der Waals surface area contributed by atoms with Gasteiger partial charge in [0.25, 0.3) is 0 Å². The molecule has 0 aliphatic carbocycles. The van der Waals surface area contributed by atoms with Crippen molar-refractivity contribution in [3.05, 3.63) is 18.5 Å². The summed E-state index contributed by atoms with van der Waals surface area (Å²) in [6, 6.07) is 2.05. The Morgan fingerprint density at radius 2 is 1.88 bits per heavy atom. The van der Waals surface area contributed by atoms with Crippen molar-refractivity contribution >= 4 is 5.95 Å². The van der Waals surface area contributed by atoms with Crippen molar-refractivity contribution in [1.82, 2.24) is 20.2 Å². The smallest absolute Gasteiger partial charge is 0.225 e. The first-order chi connectivity index (χ1) is 12.1. The van der Waals surface area contributed by atoms with Gasteiger partial charge in [0.15, 0.2) is 0 Å². The molecule has 3 N–H and O–H groups in total. The fourth-order valence-electron chi connectivity index (χ4n) is 3.62. The number of ether oxygens (including phenoxy) is 1. The molecule has 2 aliphatic rings. The molecule has 0 spiro atoms. The molecule has 8 heteroatoms. The Labute approximate surface area is 148 Å². The normalized spacial score (nSPS) is 31.0. The molecule has 4 atom stereocenters. The van der Waals surface area contributed by atoms with Crippen molar-refractivity contribution in [2.75, 3.05) is 44.2 Å². The minimum Gasteiger partial charge on any atom is -0.394 e. The van der Waals surface area contributed by atoms with Crippen LogP contribution in [0.3, 0.4) is 0 Å². The molecular formula is C17H29N5O3. The second-order valence-electron chi connectivity index (χ2n) is 7.01. The van der Waals surface area contributed by atoms with Crippen molar-refractivity contribution in [3.8, 4) is 0 Å². The average molecular weight is 351 g/mol. The van der Waals surface area contributed by atoms with E-state index >= 15 is 0 Å². The van der Waals surface area contributed by atoms with Crippen LogP contribution in [0.15, 0.2) is 18.5 Å². The molecule has 25 heavy (non-hydrogen) atoms. The molecule has 0 aromatic carbocycles. The number of aromatic nitrogens is 2. The number of nitrogens with zero attached hydrogens (tertiary/aromatic N) is 4. The van der Waals surface area contributed by atoms with Crippen LogP contribution in [0.25, 0.3) is 0 Å². The van der Waals surface area contributed by atoms with E-state index in [4.69, 9.17) is 4.74 Å². The lowest BCUT2D eigenvalue weighted by molar-refractivity contribution is -0.0216. The van der Waals surface area contributed by atoms with Crippen molar-refractivity contribution in [2.24, 2.45) is 0 Å². The minimum atomic E-state index is -0.677. The summed E-state index contributed by atoms with van der Waals surface area (Å²) in [7, 11) is 0. The van der Waals surface area contributed by atoms with Crippen LogP contribution in [-0.2, 0) is 4.74 Å². The largest absolute Gasteiger partial charge is 0.394 e. The lowest BCUT2D eigenvalue weighted by Gasteiger charge is -2.40. The van der Waals surface area contributed by atoms with E-state index in [0.717, 1.165) is 32.1 Å². The summed E-state index contributed by atoms with van der Waals surface area (Å²) in [5.74, 6) is 0.747. The van der Waals surface area contributed by atoms with Gasteiger partial charge in [-0.15, -0.1) is 0 Å². The monoisotopic (exact) mass is 351 g/mol. The Hall–Kier alpha value is -1.32. The zero-order valence-corrected chi connectivity index (χ0v) is 15.0. The zero-order chi connectivity index (χ0) is 17.8. The highest BCUT2D eigenvalue weighted by atomic mass is 16.5. The van der Waals surface area contributed by atoms with E-state index in [0.29, 0.717) is 12.6 Å². The fourth-order valence-corrected chi connectivity index (χ4v) is 3.62. The van der Waals surface area contributed by atoms with E-state index in [1.54, 1.807) is 12.4 Å². The first kappa shape index (κ1) is 18.5. The lowest BCUT2D eigenvalue weighted by Crippen LogP contribution is -2.57. The topological polar surface area (TPSA) is 94.0 Å². The van der Waals surface area contributed by atoms with E-state index in [2.05, 4.69) is 38.9 Å². The van der Waals surface area contributed by atoms with Gasteiger partial charge >= 0.3 is 0 Å². The molecule has 8 nitrogen and oxygen atoms in total. The third kappa shape index (κ3) is 4.27. The molecule has 0 saturated carbocycles. The van der Waals surface area contributed by atoms with Crippen molar-refractivity contribution in [2.45, 2.75) is 44.2 Å². The van der Waals surface area contributed by atoms with Gasteiger partial charge in [0.2, 0.25) is 5.95 Å². The number of hydrogen-bond donors (Lipinski definition) is 3. The van der Waals surface area contributed by atoms with Gasteiger partial charge in [-0.1, -0.05) is 13.8 Å². The first-order valence-corrected chi connectivity index (χ1v) is 9.04. The van der Waals surface area contributed by atoms with Crippen LogP contribution in [0.5, 0.6) is 0 Å². The Balaban J connectivity index is 1.62. The van der Waals surface area contributed by atoms with E-state index in [1.807, 2.05) is 6.07 Å². The Morgan fingerprint density at radius 1 is 1.20 bits per heavy atom. The van der Waals surface area contributed by atoms with Gasteiger partial charge in [0.1, 0.15) is 12.2 Å². The standard InChI is InChI=1S/C17H29N5O3/c1-12(2)20-10-13-15(16(24)14(11-23)25-13)21-6-8-22(9-7-21)17-18-4-3-5-19-17/h3-5,12-16,20,23-24H,6-11H2,1-2H3/t13-,14+,15+,16-/m1/s1. The molecule has 0 amide bonds. The van der Waals surface area contributed by atoms with E-state index in [9.17, 15) is 10.2 Å². The van der Waals surface area contributed by atoms with Gasteiger partial charge in [-0.05, 0) is 6.07 Å². The molecule has 2 fully saturated rings. The summed E-state index contributed by atoms with van der Waals surface area (Å²) in [6.45, 7) is 7.90. The van der Waals surface area contributed by atoms with Gasteiger partial charge in [-0.2, -0.15) is 0 Å². The van der Waals surface area contributed by atoms with Crippen LogP contribution < -0.4 is 10.2 Å². The van der Waals surface area contributed by atoms with Crippen molar-refractivity contribution < 1.29 is 14.9 Å². The van der Waals surface area contributed by atoms with Crippen LogP contribution in [0.1, 0.15) is 13.8 Å². The highest BCUT2D eigenvalue weighted by molar-refractivity contribution is 5.29. The number of nitrogens with one attached hydrogen (secondary N) is 1. The average Bonchev–Trinajstić information content (AvgIpc) is 2.96. The number of rotatable bonds is 6. The second-order valence-corrected chi connectivity index (χ2v) is 7.01. The van der Waals surface area contributed by atoms with Crippen molar-refractivity contribution in [3.63, 3.8) is 0 Å². The molecule has 2 saturated heterocycles. The molecule has 3 heterocycles. The number of aliphatic hydroxyl groups excluding tert-OH is 2. The van der Waals surface area contributed by atoms with E-state index < -0.39 is 12.2 Å². The van der Waals surface area contributed by atoms with Gasteiger partial charge < -0.3 is 25.2 Å². The summed E-state index contributed by atoms with van der Waals surface area (Å²) in [5, 5.41) is 23.5. The van der Waals surface area contributed by atoms with Crippen LogP contribution in [0.4, 0.5) is 5.95 Å². The van der Waals surface area contributed by atoms with Crippen LogP contribution >= 0.6 is 0 Å². The summed E-state index contributed by atoms with van der Waals surface area (Å²) < 4.78 is 5.91.